The van der Waals surface area contributed by atoms with Crippen molar-refractivity contribution in [1.29, 1.82) is 0 Å². The van der Waals surface area contributed by atoms with Gasteiger partial charge in [-0.25, -0.2) is 9.78 Å². The van der Waals surface area contributed by atoms with Gasteiger partial charge in [0.25, 0.3) is 5.91 Å². The van der Waals surface area contributed by atoms with Gasteiger partial charge in [-0.15, -0.1) is 0 Å². The molecule has 1 aromatic carbocycles. The number of nitrogens with zero attached hydrogens (tertiary/aromatic N) is 1. The maximum atomic E-state index is 12.1. The van der Waals surface area contributed by atoms with Crippen molar-refractivity contribution in [3.63, 3.8) is 0 Å². The molecular weight excluding hydrogens is 274 g/mol. The van der Waals surface area contributed by atoms with Crippen LogP contribution >= 0.6 is 0 Å². The molecule has 0 spiro atoms. The first kappa shape index (κ1) is 14.6. The standard InChI is InChI=1S/C14H15N3O4/c1-8-4-10(18)2-3-11(8)13(19)17-12(14(20)21)5-9-6-15-7-16-9/h2-4,6-7,12,18H,5H2,1H3,(H,15,16)(H,17,19)(H,20,21)/t12-/m1/s1. The van der Waals surface area contributed by atoms with Crippen molar-refractivity contribution < 1.29 is 19.8 Å². The molecule has 0 bridgehead atoms. The van der Waals surface area contributed by atoms with E-state index in [0.717, 1.165) is 0 Å². The molecule has 0 saturated carbocycles. The largest absolute Gasteiger partial charge is 0.508 e. The van der Waals surface area contributed by atoms with Crippen molar-refractivity contribution in [3.05, 3.63) is 47.5 Å². The van der Waals surface area contributed by atoms with E-state index in [1.807, 2.05) is 0 Å². The number of benzene rings is 1. The average molecular weight is 289 g/mol. The number of carboxylic acids is 1. The zero-order valence-corrected chi connectivity index (χ0v) is 11.3. The molecule has 21 heavy (non-hydrogen) atoms. The summed E-state index contributed by atoms with van der Waals surface area (Å²) >= 11 is 0. The number of aliphatic carboxylic acids is 1. The van der Waals surface area contributed by atoms with Crippen molar-refractivity contribution in [2.45, 2.75) is 19.4 Å². The lowest BCUT2D eigenvalue weighted by molar-refractivity contribution is -0.139. The van der Waals surface area contributed by atoms with Crippen LogP contribution in [0.5, 0.6) is 5.75 Å². The van der Waals surface area contributed by atoms with E-state index < -0.39 is 17.9 Å². The molecule has 110 valence electrons. The van der Waals surface area contributed by atoms with Gasteiger partial charge in [0, 0.05) is 23.9 Å². The molecule has 0 aliphatic heterocycles. The molecule has 0 fully saturated rings. The third kappa shape index (κ3) is 3.59. The van der Waals surface area contributed by atoms with Crippen molar-refractivity contribution in [1.82, 2.24) is 15.3 Å². The molecule has 2 aromatic rings. The van der Waals surface area contributed by atoms with E-state index in [1.54, 1.807) is 6.92 Å². The van der Waals surface area contributed by atoms with E-state index in [9.17, 15) is 19.8 Å². The number of carbonyl (C=O) groups is 2. The summed E-state index contributed by atoms with van der Waals surface area (Å²) in [5.41, 5.74) is 1.51. The summed E-state index contributed by atoms with van der Waals surface area (Å²) in [4.78, 5) is 30.0. The number of hydrogen-bond donors (Lipinski definition) is 4. The smallest absolute Gasteiger partial charge is 0.326 e. The number of carbonyl (C=O) groups excluding carboxylic acids is 1. The predicted molar refractivity (Wildman–Crippen MR) is 74.0 cm³/mol. The van der Waals surface area contributed by atoms with Crippen molar-refractivity contribution >= 4 is 11.9 Å². The number of phenolic OH excluding ortho intramolecular Hbond substituents is 1. The molecule has 1 heterocycles. The van der Waals surface area contributed by atoms with E-state index in [0.29, 0.717) is 16.8 Å². The van der Waals surface area contributed by atoms with E-state index in [4.69, 9.17) is 0 Å². The highest BCUT2D eigenvalue weighted by Gasteiger charge is 2.22. The van der Waals surface area contributed by atoms with Crippen molar-refractivity contribution in [2.75, 3.05) is 0 Å². The first-order valence-electron chi connectivity index (χ1n) is 6.28. The monoisotopic (exact) mass is 289 g/mol. The van der Waals surface area contributed by atoms with Gasteiger partial charge in [-0.05, 0) is 30.7 Å². The van der Waals surface area contributed by atoms with Crippen LogP contribution in [0, 0.1) is 6.92 Å². The summed E-state index contributed by atoms with van der Waals surface area (Å²) in [5.74, 6) is -1.58. The van der Waals surface area contributed by atoms with Gasteiger partial charge in [0.2, 0.25) is 0 Å². The second kappa shape index (κ2) is 6.08. The van der Waals surface area contributed by atoms with Gasteiger partial charge in [-0.2, -0.15) is 0 Å². The molecule has 0 aliphatic rings. The molecule has 7 heteroatoms. The van der Waals surface area contributed by atoms with Crippen LogP contribution in [-0.2, 0) is 11.2 Å². The van der Waals surface area contributed by atoms with Gasteiger partial charge < -0.3 is 20.5 Å². The average Bonchev–Trinajstić information content (AvgIpc) is 2.90. The van der Waals surface area contributed by atoms with Gasteiger partial charge >= 0.3 is 5.97 Å². The number of carboxylic acid groups (broad SMARTS) is 1. The van der Waals surface area contributed by atoms with E-state index in [2.05, 4.69) is 15.3 Å². The molecule has 2 rings (SSSR count). The Morgan fingerprint density at radius 3 is 2.76 bits per heavy atom. The zero-order chi connectivity index (χ0) is 15.4. The number of phenols is 1. The lowest BCUT2D eigenvalue weighted by Crippen LogP contribution is -2.42. The third-order valence-electron chi connectivity index (χ3n) is 3.04. The molecule has 4 N–H and O–H groups in total. The number of aromatic hydroxyl groups is 1. The van der Waals surface area contributed by atoms with Gasteiger partial charge in [0.15, 0.2) is 0 Å². The zero-order valence-electron chi connectivity index (χ0n) is 11.3. The Morgan fingerprint density at radius 2 is 2.19 bits per heavy atom. The van der Waals surface area contributed by atoms with E-state index in [-0.39, 0.29) is 12.2 Å². The maximum absolute atomic E-state index is 12.1. The number of aromatic amines is 1. The Bertz CT molecular complexity index is 652. The first-order chi connectivity index (χ1) is 9.97. The highest BCUT2D eigenvalue weighted by atomic mass is 16.4. The van der Waals surface area contributed by atoms with Crippen LogP contribution in [0.25, 0.3) is 0 Å². The van der Waals surface area contributed by atoms with Crippen LogP contribution in [0.15, 0.2) is 30.7 Å². The van der Waals surface area contributed by atoms with E-state index >= 15 is 0 Å². The van der Waals surface area contributed by atoms with Crippen LogP contribution < -0.4 is 5.32 Å². The summed E-state index contributed by atoms with van der Waals surface area (Å²) in [6.45, 7) is 1.67. The summed E-state index contributed by atoms with van der Waals surface area (Å²) in [6.07, 6.45) is 3.06. The molecule has 0 saturated heterocycles. The third-order valence-corrected chi connectivity index (χ3v) is 3.04. The summed E-state index contributed by atoms with van der Waals surface area (Å²) in [6, 6.07) is 3.22. The topological polar surface area (TPSA) is 115 Å². The first-order valence-corrected chi connectivity index (χ1v) is 6.28. The number of amides is 1. The number of imidazole rings is 1. The van der Waals surface area contributed by atoms with Gasteiger partial charge in [-0.1, -0.05) is 0 Å². The van der Waals surface area contributed by atoms with Crippen LogP contribution in [0.1, 0.15) is 21.6 Å². The number of H-pyrrole nitrogens is 1. The normalized spacial score (nSPS) is 11.9. The SMILES string of the molecule is Cc1cc(O)ccc1C(=O)N[C@H](Cc1cnc[nH]1)C(=O)O. The molecule has 7 nitrogen and oxygen atoms in total. The highest BCUT2D eigenvalue weighted by Crippen LogP contribution is 2.15. The number of hydrogen-bond acceptors (Lipinski definition) is 4. The molecule has 0 unspecified atom stereocenters. The molecule has 1 amide bonds. The Labute approximate surface area is 120 Å². The van der Waals surface area contributed by atoms with Crippen molar-refractivity contribution in [3.8, 4) is 5.75 Å². The van der Waals surface area contributed by atoms with Gasteiger partial charge in [0.05, 0.1) is 6.33 Å². The fourth-order valence-electron chi connectivity index (χ4n) is 1.95. The molecule has 0 radical (unpaired) electrons. The van der Waals surface area contributed by atoms with E-state index in [1.165, 1.54) is 30.7 Å². The summed E-state index contributed by atoms with van der Waals surface area (Å²) in [7, 11) is 0. The second-order valence-electron chi connectivity index (χ2n) is 4.64. The van der Waals surface area contributed by atoms with Crippen LogP contribution in [0.3, 0.4) is 0 Å². The van der Waals surface area contributed by atoms with Crippen LogP contribution in [0.2, 0.25) is 0 Å². The van der Waals surface area contributed by atoms with Gasteiger partial charge in [-0.3, -0.25) is 4.79 Å². The fraction of sp³-hybridized carbons (Fsp3) is 0.214. The van der Waals surface area contributed by atoms with Crippen molar-refractivity contribution in [2.24, 2.45) is 0 Å². The number of rotatable bonds is 5. The molecular formula is C14H15N3O4. The molecule has 1 aromatic heterocycles. The Kier molecular flexibility index (Phi) is 4.22. The number of aromatic nitrogens is 2. The maximum Gasteiger partial charge on any atom is 0.326 e. The molecule has 0 aliphatic carbocycles. The summed E-state index contributed by atoms with van der Waals surface area (Å²) in [5, 5.41) is 21.0. The lowest BCUT2D eigenvalue weighted by atomic mass is 10.1. The molecule has 1 atom stereocenters. The quantitative estimate of drug-likeness (QED) is 0.651. The Balaban J connectivity index is 2.12. The Hall–Kier alpha value is -2.83. The fourth-order valence-corrected chi connectivity index (χ4v) is 1.95. The second-order valence-corrected chi connectivity index (χ2v) is 4.64. The lowest BCUT2D eigenvalue weighted by Gasteiger charge is -2.14. The number of aryl methyl sites for hydroxylation is 1. The number of nitrogens with one attached hydrogen (secondary N) is 2. The van der Waals surface area contributed by atoms with Gasteiger partial charge in [0.1, 0.15) is 11.8 Å². The minimum Gasteiger partial charge on any atom is -0.508 e. The predicted octanol–water partition coefficient (Wildman–Crippen LogP) is 0.849. The highest BCUT2D eigenvalue weighted by molar-refractivity contribution is 5.98. The minimum atomic E-state index is -1.13. The minimum absolute atomic E-state index is 0.0521. The van der Waals surface area contributed by atoms with Crippen LogP contribution in [0.4, 0.5) is 0 Å². The summed E-state index contributed by atoms with van der Waals surface area (Å²) < 4.78 is 0. The Morgan fingerprint density at radius 1 is 1.43 bits per heavy atom. The van der Waals surface area contributed by atoms with Crippen LogP contribution in [-0.4, -0.2) is 38.1 Å².